The van der Waals surface area contributed by atoms with E-state index in [1.165, 1.54) is 30.9 Å². The predicted octanol–water partition coefficient (Wildman–Crippen LogP) is 4.28. The van der Waals surface area contributed by atoms with Crippen LogP contribution in [0.5, 0.6) is 0 Å². The van der Waals surface area contributed by atoms with Crippen molar-refractivity contribution in [1.29, 1.82) is 0 Å². The number of halogens is 1. The topological polar surface area (TPSA) is 54.6 Å². The Morgan fingerprint density at radius 1 is 0.938 bits per heavy atom. The van der Waals surface area contributed by atoms with Crippen molar-refractivity contribution in [2.24, 2.45) is 0 Å². The van der Waals surface area contributed by atoms with Gasteiger partial charge < -0.3 is 9.26 Å². The minimum atomic E-state index is -0.433. The Morgan fingerprint density at radius 2 is 1.75 bits per heavy atom. The maximum absolute atomic E-state index is 14.7. The molecule has 6 nitrogen and oxygen atoms in total. The molecule has 0 aliphatic carbocycles. The molecular formula is C25H29FN4O2. The lowest BCUT2D eigenvalue weighted by Crippen LogP contribution is -2.40. The third-order valence-corrected chi connectivity index (χ3v) is 6.33. The van der Waals surface area contributed by atoms with Crippen molar-refractivity contribution in [3.8, 4) is 11.4 Å². The Labute approximate surface area is 188 Å². The molecule has 168 valence electrons. The van der Waals surface area contributed by atoms with Gasteiger partial charge in [0, 0.05) is 30.8 Å². The van der Waals surface area contributed by atoms with Crippen molar-refractivity contribution in [1.82, 2.24) is 19.9 Å². The highest BCUT2D eigenvalue weighted by atomic mass is 19.1. The zero-order chi connectivity index (χ0) is 21.8. The van der Waals surface area contributed by atoms with E-state index in [0.717, 1.165) is 25.2 Å². The van der Waals surface area contributed by atoms with Crippen LogP contribution >= 0.6 is 0 Å². The van der Waals surface area contributed by atoms with E-state index in [-0.39, 0.29) is 5.82 Å². The molecule has 0 bridgehead atoms. The standard InChI is InChI=1S/C25H29FN4O2/c26-22-10-3-2-9-21(22)23(30-13-15-31-16-14-30)25-27-24(28-32-25)20-8-6-7-19(17-20)18-29-11-4-1-5-12-29/h2-3,6-10,17,23H,1,4-5,11-16,18H2/t23-/m1/s1. The Hall–Kier alpha value is -2.61. The Balaban J connectivity index is 1.42. The maximum Gasteiger partial charge on any atom is 0.249 e. The molecule has 3 aromatic rings. The van der Waals surface area contributed by atoms with Crippen molar-refractivity contribution in [3.63, 3.8) is 0 Å². The molecule has 1 aromatic heterocycles. The summed E-state index contributed by atoms with van der Waals surface area (Å²) in [4.78, 5) is 9.36. The molecule has 5 rings (SSSR count). The summed E-state index contributed by atoms with van der Waals surface area (Å²) < 4.78 is 25.9. The SMILES string of the molecule is Fc1ccccc1[C@H](c1nc(-c2cccc(CN3CCCCC3)c2)no1)N1CCOCC1. The number of morpholine rings is 1. The van der Waals surface area contributed by atoms with Gasteiger partial charge in [-0.05, 0) is 43.6 Å². The summed E-state index contributed by atoms with van der Waals surface area (Å²) in [5, 5.41) is 4.27. The first-order chi connectivity index (χ1) is 15.8. The van der Waals surface area contributed by atoms with E-state index in [4.69, 9.17) is 14.2 Å². The van der Waals surface area contributed by atoms with Gasteiger partial charge in [-0.3, -0.25) is 9.80 Å². The van der Waals surface area contributed by atoms with Crippen LogP contribution in [-0.2, 0) is 11.3 Å². The van der Waals surface area contributed by atoms with Crippen LogP contribution in [0.4, 0.5) is 4.39 Å². The smallest absolute Gasteiger partial charge is 0.249 e. The summed E-state index contributed by atoms with van der Waals surface area (Å²) in [6.45, 7) is 5.81. The lowest BCUT2D eigenvalue weighted by atomic mass is 10.0. The van der Waals surface area contributed by atoms with Crippen molar-refractivity contribution in [2.45, 2.75) is 31.8 Å². The fraction of sp³-hybridized carbons (Fsp3) is 0.440. The van der Waals surface area contributed by atoms with Gasteiger partial charge in [0.25, 0.3) is 0 Å². The Bertz CT molecular complexity index is 1030. The van der Waals surface area contributed by atoms with Crippen LogP contribution in [-0.4, -0.2) is 59.3 Å². The first-order valence-corrected chi connectivity index (χ1v) is 11.5. The number of nitrogens with zero attached hydrogens (tertiary/aromatic N) is 4. The van der Waals surface area contributed by atoms with E-state index in [1.807, 2.05) is 18.2 Å². The van der Waals surface area contributed by atoms with Crippen LogP contribution in [0.3, 0.4) is 0 Å². The summed E-state index contributed by atoms with van der Waals surface area (Å²) >= 11 is 0. The molecule has 2 saturated heterocycles. The zero-order valence-corrected chi connectivity index (χ0v) is 18.3. The molecule has 0 amide bonds. The molecule has 0 radical (unpaired) electrons. The molecule has 0 spiro atoms. The molecule has 2 aliphatic heterocycles. The summed E-state index contributed by atoms with van der Waals surface area (Å²) in [5.41, 5.74) is 2.71. The number of rotatable bonds is 6. The summed E-state index contributed by atoms with van der Waals surface area (Å²) in [5.74, 6) is 0.677. The predicted molar refractivity (Wildman–Crippen MR) is 119 cm³/mol. The van der Waals surface area contributed by atoms with Gasteiger partial charge in [0.15, 0.2) is 0 Å². The highest BCUT2D eigenvalue weighted by molar-refractivity contribution is 5.55. The minimum Gasteiger partial charge on any atom is -0.379 e. The van der Waals surface area contributed by atoms with Crippen LogP contribution in [0.15, 0.2) is 53.1 Å². The van der Waals surface area contributed by atoms with Gasteiger partial charge in [0.1, 0.15) is 11.9 Å². The highest BCUT2D eigenvalue weighted by Gasteiger charge is 2.31. The first kappa shape index (κ1) is 21.2. The van der Waals surface area contributed by atoms with Gasteiger partial charge in [0.2, 0.25) is 11.7 Å². The van der Waals surface area contributed by atoms with Crippen LogP contribution in [0, 0.1) is 5.82 Å². The molecule has 0 unspecified atom stereocenters. The highest BCUT2D eigenvalue weighted by Crippen LogP contribution is 2.31. The molecule has 2 aliphatic rings. The number of piperidine rings is 1. The second-order valence-corrected chi connectivity index (χ2v) is 8.57. The fourth-order valence-electron chi connectivity index (χ4n) is 4.67. The maximum atomic E-state index is 14.7. The van der Waals surface area contributed by atoms with E-state index in [2.05, 4.69) is 27.1 Å². The largest absolute Gasteiger partial charge is 0.379 e. The van der Waals surface area contributed by atoms with Gasteiger partial charge >= 0.3 is 0 Å². The molecule has 3 heterocycles. The number of aromatic nitrogens is 2. The molecule has 7 heteroatoms. The molecular weight excluding hydrogens is 407 g/mol. The number of hydrogen-bond acceptors (Lipinski definition) is 6. The van der Waals surface area contributed by atoms with Crippen molar-refractivity contribution in [2.75, 3.05) is 39.4 Å². The van der Waals surface area contributed by atoms with Gasteiger partial charge in [-0.15, -0.1) is 0 Å². The summed E-state index contributed by atoms with van der Waals surface area (Å²) in [6, 6.07) is 14.7. The minimum absolute atomic E-state index is 0.271. The van der Waals surface area contributed by atoms with Gasteiger partial charge in [-0.1, -0.05) is 48.0 Å². The number of hydrogen-bond donors (Lipinski definition) is 0. The second-order valence-electron chi connectivity index (χ2n) is 8.57. The Kier molecular flexibility index (Phi) is 6.57. The summed E-state index contributed by atoms with van der Waals surface area (Å²) in [7, 11) is 0. The first-order valence-electron chi connectivity index (χ1n) is 11.5. The summed E-state index contributed by atoms with van der Waals surface area (Å²) in [6.07, 6.45) is 3.87. The lowest BCUT2D eigenvalue weighted by molar-refractivity contribution is 0.0174. The van der Waals surface area contributed by atoms with E-state index < -0.39 is 6.04 Å². The van der Waals surface area contributed by atoms with Crippen LogP contribution in [0.1, 0.15) is 42.3 Å². The third kappa shape index (κ3) is 4.75. The van der Waals surface area contributed by atoms with Gasteiger partial charge in [-0.25, -0.2) is 4.39 Å². The van der Waals surface area contributed by atoms with E-state index >= 15 is 0 Å². The van der Waals surface area contributed by atoms with Crippen LogP contribution in [0.2, 0.25) is 0 Å². The van der Waals surface area contributed by atoms with Crippen LogP contribution in [0.25, 0.3) is 11.4 Å². The number of ether oxygens (including phenoxy) is 1. The van der Waals surface area contributed by atoms with Crippen molar-refractivity contribution < 1.29 is 13.7 Å². The average molecular weight is 437 g/mol. The molecule has 0 saturated carbocycles. The molecule has 2 aromatic carbocycles. The fourth-order valence-corrected chi connectivity index (χ4v) is 4.67. The monoisotopic (exact) mass is 436 g/mol. The number of benzene rings is 2. The van der Waals surface area contributed by atoms with Crippen molar-refractivity contribution >= 4 is 0 Å². The molecule has 1 atom stereocenters. The lowest BCUT2D eigenvalue weighted by Gasteiger charge is -2.32. The van der Waals surface area contributed by atoms with E-state index in [0.29, 0.717) is 43.6 Å². The molecule has 0 N–H and O–H groups in total. The molecule has 32 heavy (non-hydrogen) atoms. The second kappa shape index (κ2) is 9.90. The normalized spacial score (nSPS) is 19.2. The third-order valence-electron chi connectivity index (χ3n) is 6.33. The van der Waals surface area contributed by atoms with Gasteiger partial charge in [-0.2, -0.15) is 4.98 Å². The van der Waals surface area contributed by atoms with E-state index in [1.54, 1.807) is 12.1 Å². The average Bonchev–Trinajstić information content (AvgIpc) is 3.32. The van der Waals surface area contributed by atoms with E-state index in [9.17, 15) is 4.39 Å². The van der Waals surface area contributed by atoms with Crippen molar-refractivity contribution in [3.05, 3.63) is 71.4 Å². The number of likely N-dealkylation sites (tertiary alicyclic amines) is 1. The Morgan fingerprint density at radius 3 is 2.56 bits per heavy atom. The van der Waals surface area contributed by atoms with Gasteiger partial charge in [0.05, 0.1) is 13.2 Å². The zero-order valence-electron chi connectivity index (χ0n) is 18.3. The molecule has 2 fully saturated rings. The van der Waals surface area contributed by atoms with Crippen LogP contribution < -0.4 is 0 Å². The quantitative estimate of drug-likeness (QED) is 0.575.